The van der Waals surface area contributed by atoms with Crippen molar-refractivity contribution < 1.29 is 14.3 Å². The molecule has 3 aromatic rings. The third-order valence-corrected chi connectivity index (χ3v) is 7.87. The SMILES string of the molecule is Cc1cc2nn(CC3CCN(C(=O)c4ccc(Cl)cc4)CC3)cc2cc1C(=O)CCCN1CCOCC1. The Balaban J connectivity index is 1.15. The summed E-state index contributed by atoms with van der Waals surface area (Å²) < 4.78 is 7.41. The maximum absolute atomic E-state index is 13.0. The summed E-state index contributed by atoms with van der Waals surface area (Å²) in [5.41, 5.74) is 3.41. The Labute approximate surface area is 223 Å². The van der Waals surface area contributed by atoms with Crippen LogP contribution in [0.1, 0.15) is 52.0 Å². The number of hydrogen-bond donors (Lipinski definition) is 0. The fourth-order valence-electron chi connectivity index (χ4n) is 5.40. The van der Waals surface area contributed by atoms with Crippen molar-refractivity contribution in [2.75, 3.05) is 45.9 Å². The van der Waals surface area contributed by atoms with E-state index in [4.69, 9.17) is 21.4 Å². The number of halogens is 1. The van der Waals surface area contributed by atoms with E-state index in [1.165, 1.54) is 0 Å². The molecule has 0 atom stereocenters. The zero-order valence-electron chi connectivity index (χ0n) is 21.5. The van der Waals surface area contributed by atoms with E-state index in [0.717, 1.165) is 93.8 Å². The average Bonchev–Trinajstić information content (AvgIpc) is 3.30. The molecule has 196 valence electrons. The molecule has 0 aliphatic carbocycles. The van der Waals surface area contributed by atoms with E-state index in [0.29, 0.717) is 22.9 Å². The van der Waals surface area contributed by atoms with E-state index in [1.807, 2.05) is 28.6 Å². The number of Topliss-reactive ketones (excluding diaryl/α,β-unsaturated/α-hetero) is 1. The highest BCUT2D eigenvalue weighted by Gasteiger charge is 2.24. The molecule has 2 fully saturated rings. The number of morpholine rings is 1. The fraction of sp³-hybridized carbons (Fsp3) is 0.483. The van der Waals surface area contributed by atoms with E-state index in [1.54, 1.807) is 24.3 Å². The van der Waals surface area contributed by atoms with Crippen LogP contribution >= 0.6 is 11.6 Å². The molecule has 1 amide bonds. The summed E-state index contributed by atoms with van der Waals surface area (Å²) in [5.74, 6) is 0.738. The van der Waals surface area contributed by atoms with Gasteiger partial charge in [0.05, 0.1) is 18.7 Å². The number of piperidine rings is 1. The van der Waals surface area contributed by atoms with Crippen molar-refractivity contribution >= 4 is 34.2 Å². The topological polar surface area (TPSA) is 67.7 Å². The number of likely N-dealkylation sites (tertiary alicyclic amines) is 1. The van der Waals surface area contributed by atoms with Crippen molar-refractivity contribution in [3.05, 3.63) is 64.3 Å². The number of benzene rings is 2. The van der Waals surface area contributed by atoms with Gasteiger partial charge in [-0.15, -0.1) is 0 Å². The highest BCUT2D eigenvalue weighted by Crippen LogP contribution is 2.24. The van der Waals surface area contributed by atoms with Gasteiger partial charge in [-0.1, -0.05) is 11.6 Å². The quantitative estimate of drug-likeness (QED) is 0.396. The Bertz CT molecular complexity index is 1240. The van der Waals surface area contributed by atoms with E-state index >= 15 is 0 Å². The Kier molecular flexibility index (Phi) is 8.23. The minimum Gasteiger partial charge on any atom is -0.379 e. The zero-order valence-corrected chi connectivity index (χ0v) is 22.3. The van der Waals surface area contributed by atoms with Gasteiger partial charge in [0, 0.05) is 66.9 Å². The summed E-state index contributed by atoms with van der Waals surface area (Å²) in [4.78, 5) is 30.1. The summed E-state index contributed by atoms with van der Waals surface area (Å²) in [6.45, 7) is 8.73. The fourth-order valence-corrected chi connectivity index (χ4v) is 5.53. The number of amides is 1. The van der Waals surface area contributed by atoms with Gasteiger partial charge in [0.15, 0.2) is 5.78 Å². The second kappa shape index (κ2) is 11.8. The van der Waals surface area contributed by atoms with E-state index < -0.39 is 0 Å². The van der Waals surface area contributed by atoms with Gasteiger partial charge in [-0.2, -0.15) is 5.10 Å². The Morgan fingerprint density at radius 1 is 1.05 bits per heavy atom. The lowest BCUT2D eigenvalue weighted by atomic mass is 9.96. The molecule has 3 heterocycles. The van der Waals surface area contributed by atoms with Gasteiger partial charge in [-0.05, 0) is 80.6 Å². The van der Waals surface area contributed by atoms with Crippen LogP contribution in [-0.4, -0.2) is 77.2 Å². The molecule has 0 saturated carbocycles. The predicted molar refractivity (Wildman–Crippen MR) is 145 cm³/mol. The predicted octanol–water partition coefficient (Wildman–Crippen LogP) is 4.85. The highest BCUT2D eigenvalue weighted by atomic mass is 35.5. The lowest BCUT2D eigenvalue weighted by Gasteiger charge is -2.32. The van der Waals surface area contributed by atoms with Gasteiger partial charge in [0.25, 0.3) is 5.91 Å². The number of hydrogen-bond acceptors (Lipinski definition) is 5. The van der Waals surface area contributed by atoms with Crippen LogP contribution in [0.2, 0.25) is 5.02 Å². The van der Waals surface area contributed by atoms with E-state index in [-0.39, 0.29) is 11.7 Å². The van der Waals surface area contributed by atoms with Crippen molar-refractivity contribution in [3.8, 4) is 0 Å². The summed E-state index contributed by atoms with van der Waals surface area (Å²) in [6.07, 6.45) is 5.38. The molecule has 0 radical (unpaired) electrons. The molecule has 7 nitrogen and oxygen atoms in total. The maximum atomic E-state index is 13.0. The molecular weight excluding hydrogens is 488 g/mol. The van der Waals surface area contributed by atoms with Gasteiger partial charge < -0.3 is 9.64 Å². The second-order valence-electron chi connectivity index (χ2n) is 10.3. The van der Waals surface area contributed by atoms with Crippen molar-refractivity contribution in [2.24, 2.45) is 5.92 Å². The van der Waals surface area contributed by atoms with Crippen LogP contribution in [0.25, 0.3) is 10.9 Å². The third kappa shape index (κ3) is 6.40. The first kappa shape index (κ1) is 25.9. The Morgan fingerprint density at radius 2 is 1.78 bits per heavy atom. The maximum Gasteiger partial charge on any atom is 0.253 e. The first-order valence-corrected chi connectivity index (χ1v) is 13.7. The number of rotatable bonds is 8. The summed E-state index contributed by atoms with van der Waals surface area (Å²) in [6, 6.07) is 11.1. The number of carbonyl (C=O) groups excluding carboxylic acids is 2. The van der Waals surface area contributed by atoms with Crippen LogP contribution in [0.15, 0.2) is 42.6 Å². The first-order valence-electron chi connectivity index (χ1n) is 13.3. The number of aryl methyl sites for hydroxylation is 1. The van der Waals surface area contributed by atoms with Crippen molar-refractivity contribution in [2.45, 2.75) is 39.2 Å². The number of fused-ring (bicyclic) bond motifs is 1. The minimum atomic E-state index is 0.0672. The summed E-state index contributed by atoms with van der Waals surface area (Å²) >= 11 is 5.95. The van der Waals surface area contributed by atoms with Crippen LogP contribution in [-0.2, 0) is 11.3 Å². The molecule has 37 heavy (non-hydrogen) atoms. The molecule has 5 rings (SSSR count). The van der Waals surface area contributed by atoms with Crippen LogP contribution in [0.4, 0.5) is 0 Å². The Morgan fingerprint density at radius 3 is 2.51 bits per heavy atom. The molecule has 1 aromatic heterocycles. The third-order valence-electron chi connectivity index (χ3n) is 7.62. The number of ether oxygens (including phenoxy) is 1. The second-order valence-corrected chi connectivity index (χ2v) is 10.7. The largest absolute Gasteiger partial charge is 0.379 e. The average molecular weight is 523 g/mol. The molecule has 2 aliphatic heterocycles. The zero-order chi connectivity index (χ0) is 25.8. The van der Waals surface area contributed by atoms with Crippen LogP contribution in [0, 0.1) is 12.8 Å². The lowest BCUT2D eigenvalue weighted by molar-refractivity contribution is 0.0371. The number of aromatic nitrogens is 2. The van der Waals surface area contributed by atoms with Gasteiger partial charge >= 0.3 is 0 Å². The van der Waals surface area contributed by atoms with Gasteiger partial charge in [0.1, 0.15) is 0 Å². The van der Waals surface area contributed by atoms with Crippen molar-refractivity contribution in [1.82, 2.24) is 19.6 Å². The molecular formula is C29H35ClN4O3. The lowest BCUT2D eigenvalue weighted by Crippen LogP contribution is -2.39. The van der Waals surface area contributed by atoms with Crippen molar-refractivity contribution in [1.29, 1.82) is 0 Å². The van der Waals surface area contributed by atoms with E-state index in [2.05, 4.69) is 11.1 Å². The molecule has 8 heteroatoms. The minimum absolute atomic E-state index is 0.0672. The van der Waals surface area contributed by atoms with Crippen LogP contribution in [0.3, 0.4) is 0 Å². The molecule has 0 unspecified atom stereocenters. The Hall–Kier alpha value is -2.74. The number of nitrogens with zero attached hydrogens (tertiary/aromatic N) is 4. The smallest absolute Gasteiger partial charge is 0.253 e. The molecule has 2 saturated heterocycles. The molecule has 0 N–H and O–H groups in total. The highest BCUT2D eigenvalue weighted by molar-refractivity contribution is 6.30. The van der Waals surface area contributed by atoms with Gasteiger partial charge in [0.2, 0.25) is 0 Å². The number of ketones is 1. The summed E-state index contributed by atoms with van der Waals surface area (Å²) in [7, 11) is 0. The van der Waals surface area contributed by atoms with Gasteiger partial charge in [-0.3, -0.25) is 19.2 Å². The monoisotopic (exact) mass is 522 g/mol. The van der Waals surface area contributed by atoms with Gasteiger partial charge in [-0.25, -0.2) is 0 Å². The molecule has 2 aliphatic rings. The standard InChI is InChI=1S/C29H35ClN4O3/c1-21-17-27-24(18-26(21)28(35)3-2-10-32-13-15-37-16-14-32)20-34(31-27)19-22-8-11-33(12-9-22)29(36)23-4-6-25(30)7-5-23/h4-7,17-18,20,22H,2-3,8-16,19H2,1H3. The first-order chi connectivity index (χ1) is 18.0. The summed E-state index contributed by atoms with van der Waals surface area (Å²) in [5, 5.41) is 6.44. The molecule has 0 spiro atoms. The van der Waals surface area contributed by atoms with E-state index in [9.17, 15) is 9.59 Å². The molecule has 0 bridgehead atoms. The van der Waals surface area contributed by atoms with Crippen LogP contribution in [0.5, 0.6) is 0 Å². The number of carbonyl (C=O) groups is 2. The molecule has 2 aromatic carbocycles. The van der Waals surface area contributed by atoms with Crippen molar-refractivity contribution in [3.63, 3.8) is 0 Å². The van der Waals surface area contributed by atoms with Crippen LogP contribution < -0.4 is 0 Å². The normalized spacial score (nSPS) is 17.4.